The summed E-state index contributed by atoms with van der Waals surface area (Å²) in [6.45, 7) is 1.88. The topological polar surface area (TPSA) is 26.0 Å². The Hall–Kier alpha value is -0.670. The molecule has 0 aliphatic rings. The first kappa shape index (κ1) is 10.4. The fourth-order valence-corrected chi connectivity index (χ4v) is 1.28. The molecule has 0 saturated heterocycles. The van der Waals surface area contributed by atoms with Crippen LogP contribution in [0.15, 0.2) is 28.7 Å². The molecule has 1 unspecified atom stereocenters. The van der Waals surface area contributed by atoms with Crippen LogP contribution in [0.3, 0.4) is 0 Å². The fourth-order valence-electron chi connectivity index (χ4n) is 0.879. The smallest absolute Gasteiger partial charge is 0.137 e. The molecule has 0 amide bonds. The SMILES string of the molecule is CC(N)/C=C/c1ccc(F)c(Br)c1. The second-order valence-corrected chi connectivity index (χ2v) is 3.75. The second-order valence-electron chi connectivity index (χ2n) is 2.89. The largest absolute Gasteiger partial charge is 0.325 e. The van der Waals surface area contributed by atoms with E-state index in [9.17, 15) is 4.39 Å². The number of halogens is 2. The molecule has 70 valence electrons. The van der Waals surface area contributed by atoms with Crippen molar-refractivity contribution in [3.8, 4) is 0 Å². The fraction of sp³-hybridized carbons (Fsp3) is 0.200. The lowest BCUT2D eigenvalue weighted by atomic mass is 10.2. The van der Waals surface area contributed by atoms with Gasteiger partial charge in [-0.2, -0.15) is 0 Å². The molecule has 0 radical (unpaired) electrons. The number of hydrogen-bond donors (Lipinski definition) is 1. The van der Waals surface area contributed by atoms with E-state index in [1.165, 1.54) is 6.07 Å². The van der Waals surface area contributed by atoms with E-state index in [-0.39, 0.29) is 11.9 Å². The van der Waals surface area contributed by atoms with E-state index in [4.69, 9.17) is 5.73 Å². The van der Waals surface area contributed by atoms with E-state index >= 15 is 0 Å². The molecule has 0 fully saturated rings. The average Bonchev–Trinajstić information content (AvgIpc) is 2.07. The van der Waals surface area contributed by atoms with E-state index < -0.39 is 0 Å². The van der Waals surface area contributed by atoms with Gasteiger partial charge in [0.2, 0.25) is 0 Å². The molecule has 2 N–H and O–H groups in total. The zero-order chi connectivity index (χ0) is 9.84. The predicted octanol–water partition coefficient (Wildman–Crippen LogP) is 2.95. The van der Waals surface area contributed by atoms with Crippen LogP contribution in [-0.2, 0) is 0 Å². The second kappa shape index (κ2) is 4.53. The lowest BCUT2D eigenvalue weighted by Crippen LogP contribution is -2.09. The van der Waals surface area contributed by atoms with Gasteiger partial charge < -0.3 is 5.73 Å². The summed E-state index contributed by atoms with van der Waals surface area (Å²) in [6, 6.07) is 4.86. The third-order valence-corrected chi connectivity index (χ3v) is 2.14. The highest BCUT2D eigenvalue weighted by Crippen LogP contribution is 2.17. The van der Waals surface area contributed by atoms with Gasteiger partial charge in [0.15, 0.2) is 0 Å². The molecule has 0 heterocycles. The molecule has 0 aromatic heterocycles. The minimum absolute atomic E-state index is 0.0174. The maximum absolute atomic E-state index is 12.8. The minimum Gasteiger partial charge on any atom is -0.325 e. The Morgan fingerprint density at radius 2 is 2.23 bits per heavy atom. The van der Waals surface area contributed by atoms with Gasteiger partial charge in [0.05, 0.1) is 4.47 Å². The van der Waals surface area contributed by atoms with Gasteiger partial charge in [-0.15, -0.1) is 0 Å². The predicted molar refractivity (Wildman–Crippen MR) is 56.8 cm³/mol. The van der Waals surface area contributed by atoms with Crippen molar-refractivity contribution in [2.24, 2.45) is 5.73 Å². The van der Waals surface area contributed by atoms with E-state index in [0.29, 0.717) is 4.47 Å². The van der Waals surface area contributed by atoms with Gasteiger partial charge in [0.25, 0.3) is 0 Å². The van der Waals surface area contributed by atoms with Gasteiger partial charge in [0.1, 0.15) is 5.82 Å². The van der Waals surface area contributed by atoms with Crippen LogP contribution in [0.1, 0.15) is 12.5 Å². The highest BCUT2D eigenvalue weighted by Gasteiger charge is 1.97. The first-order chi connectivity index (χ1) is 6.09. The van der Waals surface area contributed by atoms with Gasteiger partial charge in [-0.1, -0.05) is 18.2 Å². The maximum atomic E-state index is 12.8. The van der Waals surface area contributed by atoms with Gasteiger partial charge in [-0.05, 0) is 40.5 Å². The molecular weight excluding hydrogens is 233 g/mol. The Balaban J connectivity index is 2.85. The molecule has 0 spiro atoms. The van der Waals surface area contributed by atoms with Crippen molar-refractivity contribution in [2.75, 3.05) is 0 Å². The van der Waals surface area contributed by atoms with Gasteiger partial charge in [0, 0.05) is 6.04 Å². The summed E-state index contributed by atoms with van der Waals surface area (Å²) in [7, 11) is 0. The molecule has 0 bridgehead atoms. The molecule has 0 aliphatic carbocycles. The highest BCUT2D eigenvalue weighted by atomic mass is 79.9. The molecule has 1 atom stereocenters. The summed E-state index contributed by atoms with van der Waals surface area (Å²) >= 11 is 3.11. The van der Waals surface area contributed by atoms with Crippen molar-refractivity contribution in [1.82, 2.24) is 0 Å². The Kier molecular flexibility index (Phi) is 3.63. The Labute approximate surface area is 85.6 Å². The minimum atomic E-state index is -0.252. The number of rotatable bonds is 2. The first-order valence-corrected chi connectivity index (χ1v) is 4.78. The van der Waals surface area contributed by atoms with E-state index in [0.717, 1.165) is 5.56 Å². The molecule has 3 heteroatoms. The quantitative estimate of drug-likeness (QED) is 0.850. The lowest BCUT2D eigenvalue weighted by molar-refractivity contribution is 0.621. The van der Waals surface area contributed by atoms with Crippen molar-refractivity contribution in [2.45, 2.75) is 13.0 Å². The van der Waals surface area contributed by atoms with Crippen LogP contribution in [0.25, 0.3) is 6.08 Å². The maximum Gasteiger partial charge on any atom is 0.137 e. The molecule has 0 aliphatic heterocycles. The third kappa shape index (κ3) is 3.28. The van der Waals surface area contributed by atoms with E-state index in [2.05, 4.69) is 15.9 Å². The van der Waals surface area contributed by atoms with Crippen molar-refractivity contribution < 1.29 is 4.39 Å². The normalized spacial score (nSPS) is 13.5. The lowest BCUT2D eigenvalue weighted by Gasteiger charge is -1.98. The Morgan fingerprint density at radius 1 is 1.54 bits per heavy atom. The molecular formula is C10H11BrFN. The van der Waals surface area contributed by atoms with Gasteiger partial charge in [-0.3, -0.25) is 0 Å². The average molecular weight is 244 g/mol. The summed E-state index contributed by atoms with van der Waals surface area (Å²) in [6.07, 6.45) is 3.73. The van der Waals surface area contributed by atoms with Crippen LogP contribution < -0.4 is 5.73 Å². The zero-order valence-corrected chi connectivity index (χ0v) is 8.88. The summed E-state index contributed by atoms with van der Waals surface area (Å²) < 4.78 is 13.3. The molecule has 1 aromatic carbocycles. The third-order valence-electron chi connectivity index (χ3n) is 1.54. The van der Waals surface area contributed by atoms with Crippen LogP contribution in [0, 0.1) is 5.82 Å². The zero-order valence-electron chi connectivity index (χ0n) is 7.30. The number of nitrogens with two attached hydrogens (primary N) is 1. The van der Waals surface area contributed by atoms with E-state index in [1.807, 2.05) is 19.1 Å². The summed E-state index contributed by atoms with van der Waals surface area (Å²) in [5, 5.41) is 0. The summed E-state index contributed by atoms with van der Waals surface area (Å²) in [5.74, 6) is -0.252. The Bertz CT molecular complexity index is 321. The molecule has 1 rings (SSSR count). The van der Waals surface area contributed by atoms with Crippen molar-refractivity contribution >= 4 is 22.0 Å². The standard InChI is InChI=1S/C10H11BrFN/c1-7(13)2-3-8-4-5-10(12)9(11)6-8/h2-7H,13H2,1H3/b3-2+. The molecule has 13 heavy (non-hydrogen) atoms. The molecule has 0 saturated carbocycles. The first-order valence-electron chi connectivity index (χ1n) is 3.98. The van der Waals surface area contributed by atoms with Crippen LogP contribution in [-0.4, -0.2) is 6.04 Å². The van der Waals surface area contributed by atoms with Gasteiger partial charge in [-0.25, -0.2) is 4.39 Å². The van der Waals surface area contributed by atoms with Crippen LogP contribution in [0.4, 0.5) is 4.39 Å². The van der Waals surface area contributed by atoms with Crippen molar-refractivity contribution in [1.29, 1.82) is 0 Å². The van der Waals surface area contributed by atoms with Gasteiger partial charge >= 0.3 is 0 Å². The van der Waals surface area contributed by atoms with Crippen LogP contribution in [0.5, 0.6) is 0 Å². The summed E-state index contributed by atoms with van der Waals surface area (Å²) in [4.78, 5) is 0. The van der Waals surface area contributed by atoms with Crippen LogP contribution in [0.2, 0.25) is 0 Å². The number of hydrogen-bond acceptors (Lipinski definition) is 1. The Morgan fingerprint density at radius 3 is 2.77 bits per heavy atom. The highest BCUT2D eigenvalue weighted by molar-refractivity contribution is 9.10. The van der Waals surface area contributed by atoms with E-state index in [1.54, 1.807) is 12.1 Å². The van der Waals surface area contributed by atoms with Crippen molar-refractivity contribution in [3.05, 3.63) is 40.1 Å². The molecule has 1 nitrogen and oxygen atoms in total. The van der Waals surface area contributed by atoms with Crippen molar-refractivity contribution in [3.63, 3.8) is 0 Å². The van der Waals surface area contributed by atoms with Crippen LogP contribution >= 0.6 is 15.9 Å². The summed E-state index contributed by atoms with van der Waals surface area (Å²) in [5.41, 5.74) is 6.47. The molecule has 1 aromatic rings. The monoisotopic (exact) mass is 243 g/mol. The number of benzene rings is 1.